The van der Waals surface area contributed by atoms with Crippen LogP contribution in [0.2, 0.25) is 0 Å². The molecule has 0 spiro atoms. The van der Waals surface area contributed by atoms with Crippen molar-refractivity contribution >= 4 is 46.4 Å². The molecule has 0 saturated heterocycles. The van der Waals surface area contributed by atoms with Gasteiger partial charge in [-0.3, -0.25) is 15.1 Å². The second-order valence-corrected chi connectivity index (χ2v) is 7.85. The standard InChI is InChI=1S/C24H15N3O4S/c25-21-18(12-17-10-11-20(31-17)15-6-8-16(9-7-15)23(29)30)22(28)26-24-27(21)19(13-32-24)14-4-2-1-3-5-14/h1-13,25H,(H,29,30)/b18-12+,25-21?. The van der Waals surface area contributed by atoms with Crippen LogP contribution in [0.25, 0.3) is 23.1 Å². The third-order valence-electron chi connectivity index (χ3n) is 5.01. The molecule has 5 rings (SSSR count). The first-order chi connectivity index (χ1) is 15.5. The number of aliphatic imine (C=N–C) groups is 1. The van der Waals surface area contributed by atoms with Crippen LogP contribution in [0.5, 0.6) is 0 Å². The van der Waals surface area contributed by atoms with Crippen LogP contribution >= 0.6 is 11.8 Å². The van der Waals surface area contributed by atoms with Crippen molar-refractivity contribution in [2.24, 2.45) is 4.99 Å². The summed E-state index contributed by atoms with van der Waals surface area (Å²) in [5, 5.41) is 20.0. The molecule has 7 nitrogen and oxygen atoms in total. The number of furan rings is 1. The molecule has 0 saturated carbocycles. The van der Waals surface area contributed by atoms with Gasteiger partial charge in [-0.1, -0.05) is 54.2 Å². The maximum absolute atomic E-state index is 12.6. The number of amidine groups is 2. The van der Waals surface area contributed by atoms with E-state index < -0.39 is 11.9 Å². The van der Waals surface area contributed by atoms with Crippen LogP contribution in [0.1, 0.15) is 21.7 Å². The molecule has 2 aromatic carbocycles. The summed E-state index contributed by atoms with van der Waals surface area (Å²) in [4.78, 5) is 29.4. The molecular weight excluding hydrogens is 426 g/mol. The Morgan fingerprint density at radius 3 is 2.50 bits per heavy atom. The Labute approximate surface area is 186 Å². The van der Waals surface area contributed by atoms with Gasteiger partial charge in [0.25, 0.3) is 5.91 Å². The van der Waals surface area contributed by atoms with Crippen LogP contribution < -0.4 is 0 Å². The van der Waals surface area contributed by atoms with Gasteiger partial charge >= 0.3 is 5.97 Å². The molecule has 0 fully saturated rings. The molecule has 1 amide bonds. The largest absolute Gasteiger partial charge is 0.478 e. The summed E-state index contributed by atoms with van der Waals surface area (Å²) in [5.41, 5.74) is 2.73. The Morgan fingerprint density at radius 2 is 1.78 bits per heavy atom. The average Bonchev–Trinajstić information content (AvgIpc) is 3.44. The van der Waals surface area contributed by atoms with Gasteiger partial charge in [0, 0.05) is 11.0 Å². The molecular formula is C24H15N3O4S. The van der Waals surface area contributed by atoms with Crippen molar-refractivity contribution in [1.82, 2.24) is 4.90 Å². The first-order valence-electron chi connectivity index (χ1n) is 9.61. The smallest absolute Gasteiger partial charge is 0.335 e. The van der Waals surface area contributed by atoms with Gasteiger partial charge in [0.15, 0.2) is 5.17 Å². The van der Waals surface area contributed by atoms with E-state index in [1.165, 1.54) is 30.0 Å². The number of nitrogens with zero attached hydrogens (tertiary/aromatic N) is 2. The van der Waals surface area contributed by atoms with Gasteiger partial charge in [-0.15, -0.1) is 0 Å². The quantitative estimate of drug-likeness (QED) is 0.555. The first-order valence-corrected chi connectivity index (χ1v) is 10.5. The molecule has 3 heterocycles. The fourth-order valence-corrected chi connectivity index (χ4v) is 4.31. The minimum Gasteiger partial charge on any atom is -0.478 e. The predicted octanol–water partition coefficient (Wildman–Crippen LogP) is 4.95. The van der Waals surface area contributed by atoms with Crippen molar-refractivity contribution < 1.29 is 19.1 Å². The molecule has 2 N–H and O–H groups in total. The molecule has 156 valence electrons. The summed E-state index contributed by atoms with van der Waals surface area (Å²) in [6.07, 6.45) is 1.51. The molecule has 32 heavy (non-hydrogen) atoms. The summed E-state index contributed by atoms with van der Waals surface area (Å²) >= 11 is 1.31. The van der Waals surface area contributed by atoms with Crippen molar-refractivity contribution in [2.75, 3.05) is 0 Å². The Bertz CT molecular complexity index is 1350. The minimum absolute atomic E-state index is 0.0314. The van der Waals surface area contributed by atoms with E-state index >= 15 is 0 Å². The molecule has 1 aromatic heterocycles. The normalized spacial score (nSPS) is 16.8. The molecule has 0 unspecified atom stereocenters. The number of carboxylic acid groups (broad SMARTS) is 1. The summed E-state index contributed by atoms with van der Waals surface area (Å²) in [6.45, 7) is 0. The van der Waals surface area contributed by atoms with Crippen LogP contribution in [0.15, 0.2) is 87.1 Å². The molecule has 3 aromatic rings. The Morgan fingerprint density at radius 1 is 1.03 bits per heavy atom. The highest BCUT2D eigenvalue weighted by Gasteiger charge is 2.36. The third-order valence-corrected chi connectivity index (χ3v) is 5.84. The summed E-state index contributed by atoms with van der Waals surface area (Å²) < 4.78 is 5.83. The van der Waals surface area contributed by atoms with Gasteiger partial charge in [-0.2, -0.15) is 4.99 Å². The van der Waals surface area contributed by atoms with Crippen LogP contribution in [-0.2, 0) is 4.79 Å². The lowest BCUT2D eigenvalue weighted by atomic mass is 10.1. The number of nitrogens with one attached hydrogen (secondary N) is 1. The van der Waals surface area contributed by atoms with Crippen LogP contribution in [-0.4, -0.2) is 32.9 Å². The molecule has 0 radical (unpaired) electrons. The second-order valence-electron chi connectivity index (χ2n) is 7.01. The number of amides is 1. The third kappa shape index (κ3) is 3.46. The highest BCUT2D eigenvalue weighted by Crippen LogP contribution is 2.37. The molecule has 8 heteroatoms. The van der Waals surface area contributed by atoms with Crippen LogP contribution in [0.3, 0.4) is 0 Å². The average molecular weight is 441 g/mol. The van der Waals surface area contributed by atoms with E-state index in [4.69, 9.17) is 14.9 Å². The number of benzene rings is 2. The number of carbonyl (C=O) groups excluding carboxylic acids is 1. The Kier molecular flexibility index (Phi) is 4.84. The zero-order valence-corrected chi connectivity index (χ0v) is 17.3. The lowest BCUT2D eigenvalue weighted by molar-refractivity contribution is -0.114. The van der Waals surface area contributed by atoms with E-state index in [0.717, 1.165) is 11.3 Å². The van der Waals surface area contributed by atoms with Crippen LogP contribution in [0.4, 0.5) is 0 Å². The maximum Gasteiger partial charge on any atom is 0.335 e. The number of rotatable bonds is 4. The van der Waals surface area contributed by atoms with E-state index in [-0.39, 0.29) is 17.0 Å². The van der Waals surface area contributed by atoms with Gasteiger partial charge in [0.1, 0.15) is 17.4 Å². The monoisotopic (exact) mass is 441 g/mol. The van der Waals surface area contributed by atoms with E-state index in [2.05, 4.69) is 4.99 Å². The molecule has 2 aliphatic rings. The van der Waals surface area contributed by atoms with Crippen LogP contribution in [0, 0.1) is 5.41 Å². The summed E-state index contributed by atoms with van der Waals surface area (Å²) in [5.74, 6) is -0.552. The lowest BCUT2D eigenvalue weighted by Crippen LogP contribution is -2.37. The molecule has 0 bridgehead atoms. The number of thioether (sulfide) groups is 1. The van der Waals surface area contributed by atoms with Gasteiger partial charge in [0.2, 0.25) is 0 Å². The maximum atomic E-state index is 12.6. The van der Waals surface area contributed by atoms with Gasteiger partial charge in [-0.25, -0.2) is 4.79 Å². The van der Waals surface area contributed by atoms with E-state index in [1.54, 1.807) is 29.2 Å². The Hall–Kier alpha value is -4.17. The highest BCUT2D eigenvalue weighted by atomic mass is 32.2. The van der Waals surface area contributed by atoms with Crippen molar-refractivity contribution in [3.63, 3.8) is 0 Å². The zero-order valence-electron chi connectivity index (χ0n) is 16.5. The van der Waals surface area contributed by atoms with E-state index in [9.17, 15) is 9.59 Å². The van der Waals surface area contributed by atoms with Gasteiger partial charge in [-0.05, 0) is 35.9 Å². The summed E-state index contributed by atoms with van der Waals surface area (Å²) in [7, 11) is 0. The number of carboxylic acids is 1. The second kappa shape index (κ2) is 7.82. The highest BCUT2D eigenvalue weighted by molar-refractivity contribution is 8.17. The fraction of sp³-hybridized carbons (Fsp3) is 0. The van der Waals surface area contributed by atoms with Gasteiger partial charge < -0.3 is 9.52 Å². The summed E-state index contributed by atoms with van der Waals surface area (Å²) in [6, 6.07) is 19.4. The number of hydrogen-bond acceptors (Lipinski definition) is 5. The number of hydrogen-bond donors (Lipinski definition) is 2. The van der Waals surface area contributed by atoms with Crippen molar-refractivity contribution in [2.45, 2.75) is 0 Å². The number of carbonyl (C=O) groups is 2. The lowest BCUT2D eigenvalue weighted by Gasteiger charge is -2.26. The first kappa shape index (κ1) is 19.8. The molecule has 0 aliphatic carbocycles. The molecule has 0 atom stereocenters. The predicted molar refractivity (Wildman–Crippen MR) is 123 cm³/mol. The van der Waals surface area contributed by atoms with Gasteiger partial charge in [0.05, 0.1) is 16.8 Å². The minimum atomic E-state index is -1.00. The van der Waals surface area contributed by atoms with E-state index in [0.29, 0.717) is 22.3 Å². The SMILES string of the molecule is N=C1/C(=C\c2ccc(-c3ccc(C(=O)O)cc3)o2)C(=O)N=C2SC=C(c3ccccc3)N12. The number of aromatic carboxylic acids is 1. The van der Waals surface area contributed by atoms with Crippen molar-refractivity contribution in [1.29, 1.82) is 5.41 Å². The molecule has 2 aliphatic heterocycles. The fourth-order valence-electron chi connectivity index (χ4n) is 3.42. The zero-order chi connectivity index (χ0) is 22.2. The Balaban J connectivity index is 1.45. The topological polar surface area (TPSA) is 107 Å². The number of fused-ring (bicyclic) bond motifs is 1. The van der Waals surface area contributed by atoms with E-state index in [1.807, 2.05) is 35.7 Å². The van der Waals surface area contributed by atoms with Crippen molar-refractivity contribution in [3.8, 4) is 11.3 Å². The van der Waals surface area contributed by atoms with Crippen molar-refractivity contribution in [3.05, 3.63) is 94.6 Å².